The van der Waals surface area contributed by atoms with Crippen LogP contribution in [0, 0.1) is 16.2 Å². The van der Waals surface area contributed by atoms with Gasteiger partial charge in [-0.2, -0.15) is 0 Å². The third-order valence-corrected chi connectivity index (χ3v) is 16.7. The van der Waals surface area contributed by atoms with Gasteiger partial charge in [-0.1, -0.05) is 24.3 Å². The standard InChI is InChI=1S/C49H59N9O7S2/c1-66(2,61)55-35-11-7-32(8-12-35)28-51-47-43(54-60)25-39(30-53-47)67(62,63)56-48(59)42-14-13-36(24-45(42)65-38-23-34-15-18-50-46(34)52-29-38)57-19-16-49(17-20-57)26-37(27-49)58-21-22-64-31-44(58)41-6-4-3-5-40(41)33-9-10-33/h3-6,13-15,18,23-25,29-30,32-33,35,37,44H,7-12,16-17,19-22,26-28,31H2,1-2H3,(H,50,52)(H,51,53)(H,56,59)/t32?,35?,44-/m0/s1. The minimum absolute atomic E-state index is 0.00264. The van der Waals surface area contributed by atoms with Crippen LogP contribution in [0.1, 0.15) is 97.7 Å². The SMILES string of the molecule is CS(C)(=O)=NC1CCC(CNc2ncc(S(=O)(=O)NC(=O)c3ccc(N4CCC5(CC4)CC(N4CCOC[C@H]4c4ccccc4C4CC4)C5)cc3Oc3cnc4[nH]ccc4c3)cc2N=O)CC1. The van der Waals surface area contributed by atoms with Crippen molar-refractivity contribution in [3.63, 3.8) is 0 Å². The Bertz CT molecular complexity index is 2880. The Morgan fingerprint density at radius 1 is 0.925 bits per heavy atom. The number of morpholine rings is 1. The van der Waals surface area contributed by atoms with Crippen molar-refractivity contribution in [1.29, 1.82) is 0 Å². The molecule has 0 unspecified atom stereocenters. The molecule has 2 aromatic carbocycles. The molecule has 10 rings (SSSR count). The molecule has 0 bridgehead atoms. The number of hydrogen-bond donors (Lipinski definition) is 3. The molecule has 1 atom stereocenters. The Morgan fingerprint density at radius 3 is 2.45 bits per heavy atom. The quantitative estimate of drug-likeness (QED) is 0.0896. The number of carbonyl (C=O) groups is 1. The minimum Gasteiger partial charge on any atom is -0.455 e. The normalized spacial score (nSPS) is 22.5. The van der Waals surface area contributed by atoms with E-state index in [1.807, 2.05) is 12.1 Å². The Hall–Kier alpha value is -5.43. The first-order chi connectivity index (χ1) is 32.3. The molecule has 1 spiro atoms. The number of sulfonamides is 1. The van der Waals surface area contributed by atoms with Gasteiger partial charge >= 0.3 is 0 Å². The molecule has 18 heteroatoms. The van der Waals surface area contributed by atoms with Crippen LogP contribution in [0.5, 0.6) is 11.5 Å². The third kappa shape index (κ3) is 10.1. The highest BCUT2D eigenvalue weighted by Gasteiger charge is 2.50. The molecule has 2 aliphatic heterocycles. The van der Waals surface area contributed by atoms with E-state index in [9.17, 15) is 22.3 Å². The van der Waals surface area contributed by atoms with Crippen LogP contribution < -0.4 is 19.7 Å². The number of carbonyl (C=O) groups excluding carboxylic acids is 1. The number of hydrogen-bond acceptors (Lipinski definition) is 14. The number of fused-ring (bicyclic) bond motifs is 1. The summed E-state index contributed by atoms with van der Waals surface area (Å²) in [5, 5.41) is 7.02. The highest BCUT2D eigenvalue weighted by molar-refractivity contribution is 7.92. The predicted molar refractivity (Wildman–Crippen MR) is 259 cm³/mol. The van der Waals surface area contributed by atoms with Gasteiger partial charge in [-0.3, -0.25) is 13.9 Å². The lowest BCUT2D eigenvalue weighted by atomic mass is 9.59. The number of piperidine rings is 1. The summed E-state index contributed by atoms with van der Waals surface area (Å²) in [6.45, 7) is 4.63. The molecule has 5 aliphatic rings. The molecule has 5 heterocycles. The fourth-order valence-corrected chi connectivity index (χ4v) is 12.7. The Labute approximate surface area is 392 Å². The van der Waals surface area contributed by atoms with Crippen LogP contribution in [0.3, 0.4) is 0 Å². The first-order valence-electron chi connectivity index (χ1n) is 23.5. The third-order valence-electron chi connectivity index (χ3n) is 14.6. The number of H-pyrrole nitrogens is 1. The smallest absolute Gasteiger partial charge is 0.268 e. The first kappa shape index (κ1) is 45.4. The van der Waals surface area contributed by atoms with Gasteiger partial charge in [0.05, 0.1) is 37.1 Å². The molecule has 3 aliphatic carbocycles. The Balaban J connectivity index is 0.814. The van der Waals surface area contributed by atoms with Crippen molar-refractivity contribution in [1.82, 2.24) is 24.6 Å². The summed E-state index contributed by atoms with van der Waals surface area (Å²) in [4.78, 5) is 42.4. The lowest BCUT2D eigenvalue weighted by molar-refractivity contribution is -0.0911. The summed E-state index contributed by atoms with van der Waals surface area (Å²) < 4.78 is 58.7. The van der Waals surface area contributed by atoms with Crippen LogP contribution in [0.4, 0.5) is 17.2 Å². The number of nitroso groups, excluding NO2 is 1. The van der Waals surface area contributed by atoms with Crippen molar-refractivity contribution in [2.45, 2.75) is 93.1 Å². The molecule has 3 aromatic heterocycles. The van der Waals surface area contributed by atoms with Gasteiger partial charge in [0.2, 0.25) is 0 Å². The zero-order valence-corrected chi connectivity index (χ0v) is 39.7. The maximum Gasteiger partial charge on any atom is 0.268 e. The second-order valence-electron chi connectivity index (χ2n) is 19.6. The summed E-state index contributed by atoms with van der Waals surface area (Å²) in [5.74, 6) is 0.736. The van der Waals surface area contributed by atoms with E-state index in [-0.39, 0.29) is 45.1 Å². The fraction of sp³-hybridized carbons (Fsp3) is 0.490. The summed E-state index contributed by atoms with van der Waals surface area (Å²) in [7, 11) is -6.69. The van der Waals surface area contributed by atoms with E-state index in [0.717, 1.165) is 94.7 Å². The predicted octanol–water partition coefficient (Wildman–Crippen LogP) is 8.67. The van der Waals surface area contributed by atoms with Gasteiger partial charge in [0, 0.05) is 84.0 Å². The number of pyridine rings is 2. The second-order valence-corrected chi connectivity index (χ2v) is 23.8. The van der Waals surface area contributed by atoms with Gasteiger partial charge in [-0.25, -0.2) is 27.5 Å². The molecule has 5 fully saturated rings. The molecule has 2 saturated heterocycles. The van der Waals surface area contributed by atoms with Crippen LogP contribution in [0.2, 0.25) is 0 Å². The van der Waals surface area contributed by atoms with Crippen LogP contribution in [0.25, 0.3) is 11.0 Å². The number of anilines is 2. The second kappa shape index (κ2) is 18.6. The van der Waals surface area contributed by atoms with Crippen molar-refractivity contribution in [2.75, 3.05) is 62.1 Å². The maximum absolute atomic E-state index is 14.0. The molecule has 3 saturated carbocycles. The average Bonchev–Trinajstić information content (AvgIpc) is 4.06. The minimum atomic E-state index is -4.52. The number of aromatic nitrogens is 3. The van der Waals surface area contributed by atoms with Crippen molar-refractivity contribution in [3.05, 3.63) is 101 Å². The molecule has 16 nitrogen and oxygen atoms in total. The molecular formula is C49H59N9O7S2. The number of nitrogens with one attached hydrogen (secondary N) is 3. The van der Waals surface area contributed by atoms with Crippen LogP contribution >= 0.6 is 0 Å². The molecule has 5 aromatic rings. The Kier molecular flexibility index (Phi) is 12.6. The van der Waals surface area contributed by atoms with Gasteiger partial charge < -0.3 is 24.7 Å². The zero-order valence-electron chi connectivity index (χ0n) is 38.1. The molecule has 1 amide bonds. The van der Waals surface area contributed by atoms with E-state index in [1.165, 1.54) is 36.8 Å². The van der Waals surface area contributed by atoms with Crippen molar-refractivity contribution in [2.24, 2.45) is 20.9 Å². The van der Waals surface area contributed by atoms with Crippen LogP contribution in [0.15, 0.2) is 93.7 Å². The molecule has 67 heavy (non-hydrogen) atoms. The van der Waals surface area contributed by atoms with Crippen molar-refractivity contribution in [3.8, 4) is 11.5 Å². The highest BCUT2D eigenvalue weighted by Crippen LogP contribution is 2.54. The zero-order chi connectivity index (χ0) is 46.3. The summed E-state index contributed by atoms with van der Waals surface area (Å²) >= 11 is 0. The van der Waals surface area contributed by atoms with E-state index >= 15 is 0 Å². The molecular weight excluding hydrogens is 891 g/mol. The number of rotatable bonds is 14. The van der Waals surface area contributed by atoms with E-state index in [0.29, 0.717) is 35.9 Å². The number of benzene rings is 2. The van der Waals surface area contributed by atoms with Gasteiger partial charge in [0.1, 0.15) is 22.0 Å². The van der Waals surface area contributed by atoms with Gasteiger partial charge in [-0.15, -0.1) is 4.91 Å². The molecule has 354 valence electrons. The summed E-state index contributed by atoms with van der Waals surface area (Å²) in [6.07, 6.45) is 18.0. The number of nitrogens with zero attached hydrogens (tertiary/aromatic N) is 6. The average molecular weight is 950 g/mol. The van der Waals surface area contributed by atoms with Gasteiger partial charge in [-0.05, 0) is 128 Å². The largest absolute Gasteiger partial charge is 0.455 e. The van der Waals surface area contributed by atoms with E-state index in [4.69, 9.17) is 9.47 Å². The summed E-state index contributed by atoms with van der Waals surface area (Å²) in [6, 6.07) is 19.9. The van der Waals surface area contributed by atoms with E-state index < -0.39 is 25.7 Å². The summed E-state index contributed by atoms with van der Waals surface area (Å²) in [5.41, 5.74) is 4.58. The highest BCUT2D eigenvalue weighted by atomic mass is 32.2. The number of amides is 1. The van der Waals surface area contributed by atoms with E-state index in [2.05, 4.69) is 68.6 Å². The molecule has 3 N–H and O–H groups in total. The van der Waals surface area contributed by atoms with Crippen molar-refractivity contribution < 1.29 is 26.9 Å². The lowest BCUT2D eigenvalue weighted by Gasteiger charge is -2.57. The van der Waals surface area contributed by atoms with Crippen molar-refractivity contribution >= 4 is 53.9 Å². The fourth-order valence-electron chi connectivity index (χ4n) is 10.9. The molecule has 0 radical (unpaired) electrons. The topological polar surface area (TPSA) is 201 Å². The maximum atomic E-state index is 14.0. The van der Waals surface area contributed by atoms with Crippen LogP contribution in [-0.2, 0) is 24.5 Å². The van der Waals surface area contributed by atoms with E-state index in [1.54, 1.807) is 43.1 Å². The number of ether oxygens (including phenoxy) is 2. The van der Waals surface area contributed by atoms with Crippen LogP contribution in [-0.4, -0.2) is 102 Å². The monoisotopic (exact) mass is 949 g/mol. The first-order valence-corrected chi connectivity index (χ1v) is 27.4. The van der Waals surface area contributed by atoms with Gasteiger partial charge in [0.25, 0.3) is 15.9 Å². The Morgan fingerprint density at radius 2 is 1.70 bits per heavy atom. The van der Waals surface area contributed by atoms with Gasteiger partial charge in [0.15, 0.2) is 11.5 Å². The lowest BCUT2D eigenvalue weighted by Crippen LogP contribution is -2.58. The number of aromatic amines is 1.